The van der Waals surface area contributed by atoms with Crippen molar-refractivity contribution in [3.05, 3.63) is 34.5 Å². The monoisotopic (exact) mass is 299 g/mol. The highest BCUT2D eigenvalue weighted by Crippen LogP contribution is 2.32. The van der Waals surface area contributed by atoms with Crippen LogP contribution < -0.4 is 4.90 Å². The topological polar surface area (TPSA) is 69.2 Å². The Balaban J connectivity index is 2.11. The lowest BCUT2D eigenvalue weighted by atomic mass is 9.94. The summed E-state index contributed by atoms with van der Waals surface area (Å²) < 4.78 is 0. The number of carbonyl (C=O) groups is 1. The lowest BCUT2D eigenvalue weighted by molar-refractivity contribution is 0.0696. The summed E-state index contributed by atoms with van der Waals surface area (Å²) >= 11 is 0. The van der Waals surface area contributed by atoms with Gasteiger partial charge in [-0.1, -0.05) is 6.07 Å². The van der Waals surface area contributed by atoms with Gasteiger partial charge in [0.1, 0.15) is 0 Å². The van der Waals surface area contributed by atoms with E-state index in [-0.39, 0.29) is 0 Å². The molecular formula is C17H21N3O2. The van der Waals surface area contributed by atoms with Crippen molar-refractivity contribution in [1.29, 1.82) is 0 Å². The summed E-state index contributed by atoms with van der Waals surface area (Å²) in [5.41, 5.74) is 4.93. The van der Waals surface area contributed by atoms with Crippen LogP contribution in [0.4, 0.5) is 5.95 Å². The average molecular weight is 299 g/mol. The zero-order valence-corrected chi connectivity index (χ0v) is 13.2. The van der Waals surface area contributed by atoms with E-state index in [0.717, 1.165) is 47.1 Å². The van der Waals surface area contributed by atoms with Gasteiger partial charge in [-0.15, -0.1) is 0 Å². The van der Waals surface area contributed by atoms with E-state index < -0.39 is 5.97 Å². The molecule has 2 N–H and O–H groups in total. The van der Waals surface area contributed by atoms with Gasteiger partial charge < -0.3 is 15.0 Å². The van der Waals surface area contributed by atoms with E-state index in [9.17, 15) is 9.90 Å². The Labute approximate surface area is 130 Å². The van der Waals surface area contributed by atoms with Gasteiger partial charge in [0.05, 0.1) is 11.3 Å². The molecule has 2 aromatic rings. The molecule has 0 unspecified atom stereocenters. The molecule has 22 heavy (non-hydrogen) atoms. The molecule has 0 spiro atoms. The minimum Gasteiger partial charge on any atom is -0.478 e. The summed E-state index contributed by atoms with van der Waals surface area (Å²) in [6.07, 6.45) is 2.39. The van der Waals surface area contributed by atoms with Crippen LogP contribution in [0.15, 0.2) is 12.1 Å². The average Bonchev–Trinajstić information content (AvgIpc) is 3.08. The zero-order chi connectivity index (χ0) is 15.9. The molecule has 0 radical (unpaired) electrons. The highest BCUT2D eigenvalue weighted by Gasteiger charge is 2.21. The lowest BCUT2D eigenvalue weighted by Gasteiger charge is -2.13. The minimum atomic E-state index is -0.897. The number of nitrogens with one attached hydrogen (secondary N) is 1. The van der Waals surface area contributed by atoms with Gasteiger partial charge >= 0.3 is 5.97 Å². The van der Waals surface area contributed by atoms with Crippen LogP contribution in [0, 0.1) is 20.8 Å². The first-order valence-corrected chi connectivity index (χ1v) is 7.64. The Morgan fingerprint density at radius 2 is 1.91 bits per heavy atom. The van der Waals surface area contributed by atoms with Crippen molar-refractivity contribution < 1.29 is 9.90 Å². The fraction of sp³-hybridized carbons (Fsp3) is 0.412. The molecule has 1 aliphatic rings. The number of anilines is 1. The first-order valence-electron chi connectivity index (χ1n) is 7.64. The molecule has 116 valence electrons. The predicted octanol–water partition coefficient (Wildman–Crippen LogP) is 3.30. The summed E-state index contributed by atoms with van der Waals surface area (Å²) in [5, 5.41) is 9.34. The largest absolute Gasteiger partial charge is 0.478 e. The van der Waals surface area contributed by atoms with E-state index in [4.69, 9.17) is 4.98 Å². The maximum absolute atomic E-state index is 11.4. The van der Waals surface area contributed by atoms with E-state index in [1.54, 1.807) is 6.07 Å². The van der Waals surface area contributed by atoms with Crippen molar-refractivity contribution >= 4 is 11.9 Å². The van der Waals surface area contributed by atoms with Crippen molar-refractivity contribution in [2.45, 2.75) is 33.6 Å². The third-order valence-corrected chi connectivity index (χ3v) is 4.42. The van der Waals surface area contributed by atoms with Gasteiger partial charge in [-0.3, -0.25) is 0 Å². The number of hydrogen-bond acceptors (Lipinski definition) is 3. The third kappa shape index (κ3) is 2.36. The first kappa shape index (κ1) is 14.6. The Hall–Kier alpha value is -2.30. The minimum absolute atomic E-state index is 0.339. The number of carboxylic acids is 1. The van der Waals surface area contributed by atoms with Crippen LogP contribution in [0.25, 0.3) is 11.3 Å². The van der Waals surface area contributed by atoms with Crippen LogP contribution in [0.2, 0.25) is 0 Å². The molecule has 1 aliphatic heterocycles. The second-order valence-electron chi connectivity index (χ2n) is 5.96. The van der Waals surface area contributed by atoms with Crippen LogP contribution in [-0.4, -0.2) is 34.1 Å². The van der Waals surface area contributed by atoms with Crippen LogP contribution in [-0.2, 0) is 0 Å². The number of carboxylic acid groups (broad SMARTS) is 1. The maximum atomic E-state index is 11.4. The van der Waals surface area contributed by atoms with Crippen molar-refractivity contribution in [3.63, 3.8) is 0 Å². The molecule has 3 rings (SSSR count). The zero-order valence-electron chi connectivity index (χ0n) is 13.2. The lowest BCUT2D eigenvalue weighted by Crippen LogP contribution is -2.18. The number of aryl methyl sites for hydroxylation is 2. The van der Waals surface area contributed by atoms with Gasteiger partial charge in [-0.2, -0.15) is 0 Å². The number of benzene rings is 1. The van der Waals surface area contributed by atoms with Crippen LogP contribution >= 0.6 is 0 Å². The number of aromatic nitrogens is 2. The fourth-order valence-electron chi connectivity index (χ4n) is 3.21. The molecule has 5 heteroatoms. The molecular weight excluding hydrogens is 278 g/mol. The van der Waals surface area contributed by atoms with Crippen molar-refractivity contribution in [3.8, 4) is 11.3 Å². The first-order chi connectivity index (χ1) is 10.5. The van der Waals surface area contributed by atoms with Crippen molar-refractivity contribution in [2.75, 3.05) is 18.0 Å². The Kier molecular flexibility index (Phi) is 3.64. The van der Waals surface area contributed by atoms with E-state index >= 15 is 0 Å². The van der Waals surface area contributed by atoms with Crippen LogP contribution in [0.5, 0.6) is 0 Å². The molecule has 0 aliphatic carbocycles. The summed E-state index contributed by atoms with van der Waals surface area (Å²) in [7, 11) is 0. The maximum Gasteiger partial charge on any atom is 0.335 e. The quantitative estimate of drug-likeness (QED) is 0.912. The fourth-order valence-corrected chi connectivity index (χ4v) is 3.21. The molecule has 0 bridgehead atoms. The molecule has 1 fully saturated rings. The number of rotatable bonds is 3. The Bertz CT molecular complexity index is 728. The number of aromatic carboxylic acids is 1. The third-order valence-electron chi connectivity index (χ3n) is 4.42. The molecule has 1 aromatic carbocycles. The van der Waals surface area contributed by atoms with E-state index in [0.29, 0.717) is 5.56 Å². The number of H-pyrrole nitrogens is 1. The molecule has 2 heterocycles. The normalized spacial score (nSPS) is 14.6. The molecule has 1 saturated heterocycles. The smallest absolute Gasteiger partial charge is 0.335 e. The molecule has 0 amide bonds. The predicted molar refractivity (Wildman–Crippen MR) is 86.6 cm³/mol. The second-order valence-corrected chi connectivity index (χ2v) is 5.96. The van der Waals surface area contributed by atoms with Gasteiger partial charge in [-0.05, 0) is 50.8 Å². The van der Waals surface area contributed by atoms with Gasteiger partial charge in [-0.25, -0.2) is 9.78 Å². The van der Waals surface area contributed by atoms with Crippen LogP contribution in [0.3, 0.4) is 0 Å². The van der Waals surface area contributed by atoms with E-state index in [1.807, 2.05) is 26.8 Å². The second kappa shape index (κ2) is 5.48. The summed E-state index contributed by atoms with van der Waals surface area (Å²) in [6, 6.07) is 3.52. The highest BCUT2D eigenvalue weighted by atomic mass is 16.4. The summed E-state index contributed by atoms with van der Waals surface area (Å²) in [5.74, 6) is -0.00349. The van der Waals surface area contributed by atoms with Crippen LogP contribution in [0.1, 0.15) is 40.0 Å². The van der Waals surface area contributed by atoms with E-state index in [1.165, 1.54) is 12.8 Å². The van der Waals surface area contributed by atoms with Gasteiger partial charge in [0.2, 0.25) is 5.95 Å². The van der Waals surface area contributed by atoms with Crippen molar-refractivity contribution in [2.24, 2.45) is 0 Å². The Morgan fingerprint density at radius 1 is 1.23 bits per heavy atom. The van der Waals surface area contributed by atoms with E-state index in [2.05, 4.69) is 9.88 Å². The SMILES string of the molecule is Cc1ccc(C(=O)O)c(C)c1-c1nc(N2CCCC2)[nH]c1C. The number of hydrogen-bond donors (Lipinski definition) is 2. The summed E-state index contributed by atoms with van der Waals surface area (Å²) in [6.45, 7) is 7.90. The standard InChI is InChI=1S/C17H21N3O2/c1-10-6-7-13(16(21)22)11(2)14(10)15-12(3)18-17(19-15)20-8-4-5-9-20/h6-7H,4-5,8-9H2,1-3H3,(H,18,19)(H,21,22). The molecule has 5 nitrogen and oxygen atoms in total. The van der Waals surface area contributed by atoms with Gasteiger partial charge in [0, 0.05) is 24.3 Å². The summed E-state index contributed by atoms with van der Waals surface area (Å²) in [4.78, 5) is 21.7. The van der Waals surface area contributed by atoms with Gasteiger partial charge in [0.25, 0.3) is 0 Å². The number of nitrogens with zero attached hydrogens (tertiary/aromatic N) is 2. The Morgan fingerprint density at radius 3 is 2.55 bits per heavy atom. The van der Waals surface area contributed by atoms with Crippen molar-refractivity contribution in [1.82, 2.24) is 9.97 Å². The number of aromatic amines is 1. The molecule has 1 aromatic heterocycles. The molecule has 0 saturated carbocycles. The highest BCUT2D eigenvalue weighted by molar-refractivity contribution is 5.92. The number of imidazole rings is 1. The van der Waals surface area contributed by atoms with Gasteiger partial charge in [0.15, 0.2) is 0 Å². The molecule has 0 atom stereocenters.